The summed E-state index contributed by atoms with van der Waals surface area (Å²) in [5.74, 6) is 0.659. The fourth-order valence-electron chi connectivity index (χ4n) is 4.10. The van der Waals surface area contributed by atoms with Crippen molar-refractivity contribution in [2.45, 2.75) is 42.3 Å². The zero-order chi connectivity index (χ0) is 25.9. The summed E-state index contributed by atoms with van der Waals surface area (Å²) < 4.78 is 46.9. The van der Waals surface area contributed by atoms with E-state index in [1.807, 2.05) is 12.1 Å². The van der Waals surface area contributed by atoms with Crippen molar-refractivity contribution in [1.29, 1.82) is 0 Å². The van der Waals surface area contributed by atoms with Crippen LogP contribution in [0.2, 0.25) is 0 Å². The van der Waals surface area contributed by atoms with Crippen molar-refractivity contribution in [3.05, 3.63) is 56.6 Å². The van der Waals surface area contributed by atoms with Crippen LogP contribution in [0.25, 0.3) is 12.2 Å². The van der Waals surface area contributed by atoms with Crippen LogP contribution in [0.4, 0.5) is 5.69 Å². The predicted octanol–water partition coefficient (Wildman–Crippen LogP) is 3.71. The summed E-state index contributed by atoms with van der Waals surface area (Å²) >= 11 is 2.88. The smallest absolute Gasteiger partial charge is 0.870 e. The SMILES string of the molecule is CCC(=Cc1sc2c([n+]1CC)[Te]C(OC)C(OC)=C2)C=C1Sc2ccccc2N1CCCS(=O)(=O)O.[OH-]. The minimum atomic E-state index is -3.99. The first kappa shape index (κ1) is 30.2. The van der Waals surface area contributed by atoms with Crippen LogP contribution in [0, 0.1) is 0 Å². The molecule has 2 aliphatic rings. The summed E-state index contributed by atoms with van der Waals surface area (Å²) in [6.07, 6.45) is 7.82. The molecule has 0 amide bonds. The van der Waals surface area contributed by atoms with E-state index < -0.39 is 31.0 Å². The van der Waals surface area contributed by atoms with E-state index >= 15 is 0 Å². The molecule has 202 valence electrons. The van der Waals surface area contributed by atoms with E-state index in [-0.39, 0.29) is 15.4 Å². The number of allylic oxidation sites excluding steroid dienone is 2. The first-order chi connectivity index (χ1) is 17.3. The van der Waals surface area contributed by atoms with Gasteiger partial charge >= 0.3 is 220 Å². The number of benzene rings is 1. The number of para-hydroxylation sites is 1. The molecule has 2 N–H and O–H groups in total. The third-order valence-corrected chi connectivity index (χ3v) is 13.0. The molecule has 0 radical (unpaired) electrons. The summed E-state index contributed by atoms with van der Waals surface area (Å²) in [4.78, 5) is 4.56. The van der Waals surface area contributed by atoms with Gasteiger partial charge in [-0.2, -0.15) is 8.42 Å². The van der Waals surface area contributed by atoms with Gasteiger partial charge in [-0.25, -0.2) is 0 Å². The molecule has 0 saturated heterocycles. The zero-order valence-corrected chi connectivity index (χ0v) is 26.0. The average molecular weight is 680 g/mol. The van der Waals surface area contributed by atoms with Crippen LogP contribution < -0.4 is 13.2 Å². The summed E-state index contributed by atoms with van der Waals surface area (Å²) in [5.41, 5.74) is 2.27. The molecule has 1 unspecified atom stereocenters. The van der Waals surface area contributed by atoms with E-state index in [2.05, 4.69) is 53.7 Å². The Morgan fingerprint density at radius 1 is 1.27 bits per heavy atom. The molecule has 8 nitrogen and oxygen atoms in total. The fourth-order valence-corrected chi connectivity index (χ4v) is 10.9. The van der Waals surface area contributed by atoms with Crippen molar-refractivity contribution in [2.75, 3.05) is 31.4 Å². The van der Waals surface area contributed by atoms with Crippen LogP contribution in [0.3, 0.4) is 0 Å². The molecule has 0 bridgehead atoms. The Balaban J connectivity index is 0.00000380. The number of fused-ring (bicyclic) bond motifs is 2. The number of hydrogen-bond acceptors (Lipinski definition) is 8. The number of aromatic nitrogens is 1. The van der Waals surface area contributed by atoms with Crippen LogP contribution in [-0.4, -0.2) is 70.0 Å². The molecular formula is C25H32N2O6S3Te. The molecule has 0 spiro atoms. The van der Waals surface area contributed by atoms with Gasteiger partial charge in [-0.05, 0) is 0 Å². The molecule has 1 aromatic carbocycles. The van der Waals surface area contributed by atoms with Crippen molar-refractivity contribution in [1.82, 2.24) is 0 Å². The van der Waals surface area contributed by atoms with Crippen molar-refractivity contribution < 1.29 is 32.5 Å². The van der Waals surface area contributed by atoms with Gasteiger partial charge in [-0.1, -0.05) is 0 Å². The van der Waals surface area contributed by atoms with Crippen molar-refractivity contribution in [3.8, 4) is 0 Å². The predicted molar refractivity (Wildman–Crippen MR) is 150 cm³/mol. The second-order valence-electron chi connectivity index (χ2n) is 8.21. The second kappa shape index (κ2) is 13.1. The maximum atomic E-state index is 11.3. The van der Waals surface area contributed by atoms with Gasteiger partial charge in [-0.3, -0.25) is 4.55 Å². The maximum absolute atomic E-state index is 11.3. The normalized spacial score (nSPS) is 18.4. The van der Waals surface area contributed by atoms with Crippen molar-refractivity contribution in [2.24, 2.45) is 0 Å². The van der Waals surface area contributed by atoms with Gasteiger partial charge in [-0.15, -0.1) is 0 Å². The molecule has 0 saturated carbocycles. The molecular weight excluding hydrogens is 648 g/mol. The van der Waals surface area contributed by atoms with Crippen LogP contribution in [0.15, 0.2) is 51.6 Å². The number of thioether (sulfide) groups is 1. The summed E-state index contributed by atoms with van der Waals surface area (Å²) in [7, 11) is -0.532. The zero-order valence-electron chi connectivity index (χ0n) is 21.2. The fraction of sp³-hybridized carbons (Fsp3) is 0.400. The average Bonchev–Trinajstić information content (AvgIpc) is 3.38. The number of anilines is 1. The minimum absolute atomic E-state index is 0. The van der Waals surface area contributed by atoms with Crippen LogP contribution in [0.5, 0.6) is 0 Å². The molecule has 0 aliphatic carbocycles. The quantitative estimate of drug-likeness (QED) is 0.230. The van der Waals surface area contributed by atoms with Gasteiger partial charge in [0.15, 0.2) is 0 Å². The Kier molecular flexibility index (Phi) is 10.7. The molecule has 1 aromatic heterocycles. The number of nitrogens with zero attached hydrogens (tertiary/aromatic N) is 2. The molecule has 3 heterocycles. The number of rotatable bonds is 10. The Morgan fingerprint density at radius 3 is 2.68 bits per heavy atom. The van der Waals surface area contributed by atoms with Gasteiger partial charge in [0.2, 0.25) is 0 Å². The van der Waals surface area contributed by atoms with E-state index in [9.17, 15) is 13.0 Å². The van der Waals surface area contributed by atoms with E-state index in [1.54, 1.807) is 37.3 Å². The topological polar surface area (TPSA) is 110 Å². The van der Waals surface area contributed by atoms with E-state index in [0.717, 1.165) is 34.3 Å². The number of thiazole rings is 1. The molecule has 12 heteroatoms. The van der Waals surface area contributed by atoms with E-state index in [4.69, 9.17) is 9.47 Å². The standard InChI is InChI=1S/C25H30N2O5S3Te.H2O/c1-5-17(14-22-26(6-2)24-21(34-22)16-19(31-3)25(32-4)36-24)15-23-27(12-9-13-35(28,29)30)18-10-7-8-11-20(18)33-23;/h7-8,10-11,14-16,25H,5-6,9,12-13H2,1-4H3;1H2. The van der Waals surface area contributed by atoms with Crippen molar-refractivity contribution >= 4 is 75.7 Å². The summed E-state index contributed by atoms with van der Waals surface area (Å²) in [6.45, 7) is 5.74. The monoisotopic (exact) mass is 682 g/mol. The third kappa shape index (κ3) is 6.99. The number of ether oxygens (including phenoxy) is 2. The van der Waals surface area contributed by atoms with Gasteiger partial charge in [0.25, 0.3) is 0 Å². The Bertz CT molecular complexity index is 1320. The van der Waals surface area contributed by atoms with Gasteiger partial charge in [0.1, 0.15) is 0 Å². The molecule has 37 heavy (non-hydrogen) atoms. The van der Waals surface area contributed by atoms with Gasteiger partial charge < -0.3 is 5.48 Å². The molecule has 2 aliphatic heterocycles. The van der Waals surface area contributed by atoms with Crippen molar-refractivity contribution in [3.63, 3.8) is 0 Å². The Morgan fingerprint density at radius 2 is 2.03 bits per heavy atom. The van der Waals surface area contributed by atoms with Gasteiger partial charge in [0, 0.05) is 0 Å². The second-order valence-corrected chi connectivity index (χ2v) is 14.9. The summed E-state index contributed by atoms with van der Waals surface area (Å²) in [6, 6.07) is 8.15. The Hall–Kier alpha value is -1.36. The van der Waals surface area contributed by atoms with Crippen LogP contribution >= 0.6 is 23.1 Å². The molecule has 1 atom stereocenters. The molecule has 4 rings (SSSR count). The van der Waals surface area contributed by atoms with E-state index in [1.165, 1.54) is 19.2 Å². The summed E-state index contributed by atoms with van der Waals surface area (Å²) in [5, 5.41) is 2.28. The first-order valence-electron chi connectivity index (χ1n) is 11.7. The van der Waals surface area contributed by atoms with Gasteiger partial charge in [0.05, 0.1) is 0 Å². The number of methoxy groups -OCH3 is 2. The molecule has 0 fully saturated rings. The minimum Gasteiger partial charge on any atom is -0.870 e. The first-order valence-corrected chi connectivity index (χ1v) is 17.5. The Labute approximate surface area is 237 Å². The van der Waals surface area contributed by atoms with Crippen LogP contribution in [-0.2, 0) is 26.1 Å². The molecule has 2 aromatic rings. The van der Waals surface area contributed by atoms with E-state index in [0.29, 0.717) is 13.0 Å². The third-order valence-electron chi connectivity index (χ3n) is 5.87. The van der Waals surface area contributed by atoms with Crippen LogP contribution in [0.1, 0.15) is 36.6 Å². The number of hydrogen-bond donors (Lipinski definition) is 1.